The van der Waals surface area contributed by atoms with Crippen molar-refractivity contribution in [3.8, 4) is 11.8 Å². The van der Waals surface area contributed by atoms with Gasteiger partial charge in [-0.1, -0.05) is 37.6 Å². The summed E-state index contributed by atoms with van der Waals surface area (Å²) in [5.74, 6) is 0.235. The number of para-hydroxylation sites is 1. The van der Waals surface area contributed by atoms with Crippen LogP contribution in [0.5, 0.6) is 5.75 Å². The highest BCUT2D eigenvalue weighted by atomic mass is 127. The molecule has 0 atom stereocenters. The molecular weight excluding hydrogens is 427 g/mol. The fourth-order valence-corrected chi connectivity index (χ4v) is 2.67. The van der Waals surface area contributed by atoms with E-state index in [0.29, 0.717) is 23.6 Å². The van der Waals surface area contributed by atoms with E-state index in [-0.39, 0.29) is 5.57 Å². The van der Waals surface area contributed by atoms with Gasteiger partial charge in [0.15, 0.2) is 0 Å². The number of carbonyl (C=O) groups excluding carboxylic acids is 1. The number of nitrogens with one attached hydrogen (secondary N) is 1. The molecule has 0 heterocycles. The Hall–Kier alpha value is -2.33. The zero-order valence-electron chi connectivity index (χ0n) is 14.0. The molecule has 0 bridgehead atoms. The molecule has 0 fully saturated rings. The number of hydrogen-bond acceptors (Lipinski definition) is 3. The Morgan fingerprint density at radius 3 is 2.80 bits per heavy atom. The molecule has 0 aliphatic carbocycles. The fraction of sp³-hybridized carbons (Fsp3) is 0.200. The Labute approximate surface area is 161 Å². The molecule has 0 aliphatic rings. The van der Waals surface area contributed by atoms with E-state index in [9.17, 15) is 10.1 Å². The topological polar surface area (TPSA) is 62.1 Å². The zero-order chi connectivity index (χ0) is 18.1. The number of benzene rings is 2. The molecule has 5 heteroatoms. The molecule has 1 amide bonds. The van der Waals surface area contributed by atoms with Crippen molar-refractivity contribution in [3.63, 3.8) is 0 Å². The summed E-state index contributed by atoms with van der Waals surface area (Å²) < 4.78 is 6.76. The van der Waals surface area contributed by atoms with Crippen LogP contribution in [0.15, 0.2) is 54.1 Å². The summed E-state index contributed by atoms with van der Waals surface area (Å²) >= 11 is 2.17. The lowest BCUT2D eigenvalue weighted by molar-refractivity contribution is -0.112. The maximum atomic E-state index is 12.4. The Kier molecular flexibility index (Phi) is 7.48. The predicted octanol–water partition coefficient (Wildman–Crippen LogP) is 5.02. The van der Waals surface area contributed by atoms with Crippen molar-refractivity contribution in [2.24, 2.45) is 0 Å². The van der Waals surface area contributed by atoms with Crippen molar-refractivity contribution in [2.45, 2.75) is 19.8 Å². The molecular formula is C20H19IN2O2. The molecule has 2 aromatic carbocycles. The van der Waals surface area contributed by atoms with E-state index in [1.54, 1.807) is 12.1 Å². The van der Waals surface area contributed by atoms with Gasteiger partial charge in [0.05, 0.1) is 6.61 Å². The molecule has 2 rings (SSSR count). The summed E-state index contributed by atoms with van der Waals surface area (Å²) in [6, 6.07) is 16.8. The lowest BCUT2D eigenvalue weighted by Gasteiger charge is -2.09. The third-order valence-corrected chi connectivity index (χ3v) is 4.09. The van der Waals surface area contributed by atoms with Crippen LogP contribution in [0, 0.1) is 14.9 Å². The van der Waals surface area contributed by atoms with Gasteiger partial charge in [-0.2, -0.15) is 5.26 Å². The predicted molar refractivity (Wildman–Crippen MR) is 108 cm³/mol. The van der Waals surface area contributed by atoms with Crippen LogP contribution in [0.2, 0.25) is 0 Å². The van der Waals surface area contributed by atoms with Crippen molar-refractivity contribution >= 4 is 40.3 Å². The first kappa shape index (κ1) is 19.0. The van der Waals surface area contributed by atoms with E-state index in [1.807, 2.05) is 48.5 Å². The smallest absolute Gasteiger partial charge is 0.266 e. The monoisotopic (exact) mass is 446 g/mol. The fourth-order valence-electron chi connectivity index (χ4n) is 2.13. The number of halogens is 1. The molecule has 0 aliphatic heterocycles. The van der Waals surface area contributed by atoms with Gasteiger partial charge in [0.2, 0.25) is 0 Å². The highest BCUT2D eigenvalue weighted by molar-refractivity contribution is 14.1. The Morgan fingerprint density at radius 1 is 1.28 bits per heavy atom. The Bertz CT molecular complexity index is 809. The number of ether oxygens (including phenoxy) is 1. The summed E-state index contributed by atoms with van der Waals surface area (Å²) in [5.41, 5.74) is 1.41. The number of hydrogen-bond donors (Lipinski definition) is 1. The van der Waals surface area contributed by atoms with Crippen molar-refractivity contribution in [1.82, 2.24) is 0 Å². The third kappa shape index (κ3) is 5.91. The second-order valence-electron chi connectivity index (χ2n) is 5.37. The summed E-state index contributed by atoms with van der Waals surface area (Å²) in [4.78, 5) is 12.4. The molecule has 2 aromatic rings. The minimum Gasteiger partial charge on any atom is -0.493 e. The van der Waals surface area contributed by atoms with Gasteiger partial charge in [0.25, 0.3) is 5.91 Å². The van der Waals surface area contributed by atoms with Crippen LogP contribution in [0.4, 0.5) is 5.69 Å². The van der Waals surface area contributed by atoms with Crippen LogP contribution in [-0.2, 0) is 4.79 Å². The normalized spacial score (nSPS) is 10.8. The number of carbonyl (C=O) groups is 1. The van der Waals surface area contributed by atoms with Crippen molar-refractivity contribution in [3.05, 3.63) is 63.2 Å². The van der Waals surface area contributed by atoms with E-state index in [4.69, 9.17) is 4.74 Å². The summed E-state index contributed by atoms with van der Waals surface area (Å²) in [7, 11) is 0. The van der Waals surface area contributed by atoms with Crippen molar-refractivity contribution < 1.29 is 9.53 Å². The lowest BCUT2D eigenvalue weighted by Crippen LogP contribution is -2.13. The minimum atomic E-state index is -0.437. The van der Waals surface area contributed by atoms with Crippen LogP contribution in [0.25, 0.3) is 6.08 Å². The SMILES string of the molecule is CCCCOc1ccccc1/C=C(\C#N)C(=O)Nc1cccc(I)c1. The van der Waals surface area contributed by atoms with Gasteiger partial charge in [0.1, 0.15) is 17.4 Å². The minimum absolute atomic E-state index is 0.0328. The largest absolute Gasteiger partial charge is 0.493 e. The van der Waals surface area contributed by atoms with E-state index < -0.39 is 5.91 Å². The average Bonchev–Trinajstić information content (AvgIpc) is 2.61. The lowest BCUT2D eigenvalue weighted by atomic mass is 10.1. The Balaban J connectivity index is 2.19. The number of rotatable bonds is 7. The second kappa shape index (κ2) is 9.84. The second-order valence-corrected chi connectivity index (χ2v) is 6.62. The van der Waals surface area contributed by atoms with E-state index >= 15 is 0 Å². The van der Waals surface area contributed by atoms with Crippen molar-refractivity contribution in [2.75, 3.05) is 11.9 Å². The van der Waals surface area contributed by atoms with Gasteiger partial charge < -0.3 is 10.1 Å². The molecule has 1 N–H and O–H groups in total. The molecule has 25 heavy (non-hydrogen) atoms. The molecule has 0 aromatic heterocycles. The van der Waals surface area contributed by atoms with E-state index in [0.717, 1.165) is 16.4 Å². The first-order valence-electron chi connectivity index (χ1n) is 8.04. The summed E-state index contributed by atoms with van der Waals surface area (Å²) in [6.45, 7) is 2.70. The number of unbranched alkanes of at least 4 members (excludes halogenated alkanes) is 1. The molecule has 0 unspecified atom stereocenters. The first-order valence-corrected chi connectivity index (χ1v) is 9.12. The molecule has 128 valence electrons. The molecule has 0 saturated carbocycles. The number of nitrogens with zero attached hydrogens (tertiary/aromatic N) is 1. The number of nitriles is 1. The van der Waals surface area contributed by atoms with Crippen LogP contribution in [-0.4, -0.2) is 12.5 Å². The highest BCUT2D eigenvalue weighted by Crippen LogP contribution is 2.22. The highest BCUT2D eigenvalue weighted by Gasteiger charge is 2.11. The summed E-state index contributed by atoms with van der Waals surface area (Å²) in [6.07, 6.45) is 3.56. The standard InChI is InChI=1S/C20H19IN2O2/c1-2-3-11-25-19-10-5-4-7-15(19)12-16(14-22)20(24)23-18-9-6-8-17(21)13-18/h4-10,12-13H,2-3,11H2,1H3,(H,23,24)/b16-12+. The molecule has 0 spiro atoms. The van der Waals surface area contributed by atoms with Crippen LogP contribution in [0.1, 0.15) is 25.3 Å². The van der Waals surface area contributed by atoms with Crippen LogP contribution < -0.4 is 10.1 Å². The third-order valence-electron chi connectivity index (χ3n) is 3.42. The molecule has 0 saturated heterocycles. The van der Waals surface area contributed by atoms with Gasteiger partial charge in [0, 0.05) is 14.8 Å². The van der Waals surface area contributed by atoms with E-state index in [2.05, 4.69) is 34.8 Å². The van der Waals surface area contributed by atoms with Crippen molar-refractivity contribution in [1.29, 1.82) is 5.26 Å². The first-order chi connectivity index (χ1) is 12.1. The van der Waals surface area contributed by atoms with Gasteiger partial charge in [-0.3, -0.25) is 4.79 Å². The van der Waals surface area contributed by atoms with Gasteiger partial charge in [-0.05, 0) is 59.4 Å². The Morgan fingerprint density at radius 2 is 2.08 bits per heavy atom. The molecule has 0 radical (unpaired) electrons. The van der Waals surface area contributed by atoms with Gasteiger partial charge >= 0.3 is 0 Å². The molecule has 4 nitrogen and oxygen atoms in total. The maximum Gasteiger partial charge on any atom is 0.266 e. The van der Waals surface area contributed by atoms with Crippen LogP contribution >= 0.6 is 22.6 Å². The van der Waals surface area contributed by atoms with Gasteiger partial charge in [-0.15, -0.1) is 0 Å². The van der Waals surface area contributed by atoms with Crippen LogP contribution in [0.3, 0.4) is 0 Å². The quantitative estimate of drug-likeness (QED) is 0.281. The zero-order valence-corrected chi connectivity index (χ0v) is 16.1. The van der Waals surface area contributed by atoms with E-state index in [1.165, 1.54) is 0 Å². The number of anilines is 1. The summed E-state index contributed by atoms with van der Waals surface area (Å²) in [5, 5.41) is 12.1. The average molecular weight is 446 g/mol. The van der Waals surface area contributed by atoms with Gasteiger partial charge in [-0.25, -0.2) is 0 Å². The number of amides is 1. The maximum absolute atomic E-state index is 12.4.